The summed E-state index contributed by atoms with van der Waals surface area (Å²) in [5, 5.41) is 0.679. The molecule has 1 aromatic heterocycles. The lowest BCUT2D eigenvalue weighted by molar-refractivity contribution is 0.108. The van der Waals surface area contributed by atoms with E-state index < -0.39 is 0 Å². The van der Waals surface area contributed by atoms with Crippen molar-refractivity contribution in [3.8, 4) is 0 Å². The summed E-state index contributed by atoms with van der Waals surface area (Å²) in [5.74, 6) is 0. The van der Waals surface area contributed by atoms with Gasteiger partial charge in [0.05, 0.1) is 16.3 Å². The van der Waals surface area contributed by atoms with Crippen molar-refractivity contribution in [1.29, 1.82) is 0 Å². The summed E-state index contributed by atoms with van der Waals surface area (Å²) in [6, 6.07) is 27.6. The highest BCUT2D eigenvalue weighted by Gasteiger charge is 2.26. The zero-order chi connectivity index (χ0) is 22.6. The Morgan fingerprint density at radius 3 is 2.09 bits per heavy atom. The van der Waals surface area contributed by atoms with Gasteiger partial charge in [0, 0.05) is 37.7 Å². The summed E-state index contributed by atoms with van der Waals surface area (Å²) in [6.45, 7) is 5.92. The van der Waals surface area contributed by atoms with Crippen molar-refractivity contribution in [3.05, 3.63) is 105 Å². The zero-order valence-corrected chi connectivity index (χ0v) is 20.1. The molecule has 0 amide bonds. The maximum Gasteiger partial charge on any atom is 0.308 e. The van der Waals surface area contributed by atoms with Gasteiger partial charge in [-0.15, -0.1) is 0 Å². The Morgan fingerprint density at radius 2 is 1.45 bits per heavy atom. The van der Waals surface area contributed by atoms with Crippen LogP contribution in [-0.2, 0) is 6.54 Å². The summed E-state index contributed by atoms with van der Waals surface area (Å²) < 4.78 is 2.86. The molecular weight excluding hydrogens is 450 g/mol. The molecular formula is C27H28ClN3OS. The molecule has 4 nitrogen and oxygen atoms in total. The highest BCUT2D eigenvalue weighted by Crippen LogP contribution is 2.29. The number of fused-ring (bicyclic) bond motifs is 1. The third kappa shape index (κ3) is 5.07. The summed E-state index contributed by atoms with van der Waals surface area (Å²) in [7, 11) is 0. The van der Waals surface area contributed by atoms with Crippen LogP contribution in [-0.4, -0.2) is 47.1 Å². The molecule has 0 N–H and O–H groups in total. The van der Waals surface area contributed by atoms with Crippen LogP contribution in [0, 0.1) is 0 Å². The number of piperazine rings is 1. The van der Waals surface area contributed by atoms with Crippen LogP contribution >= 0.6 is 22.9 Å². The van der Waals surface area contributed by atoms with Gasteiger partial charge in [0.25, 0.3) is 0 Å². The summed E-state index contributed by atoms with van der Waals surface area (Å²) in [6.07, 6.45) is 0.967. The molecule has 2 heterocycles. The Labute approximate surface area is 203 Å². The van der Waals surface area contributed by atoms with Gasteiger partial charge in [-0.2, -0.15) is 0 Å². The summed E-state index contributed by atoms with van der Waals surface area (Å²) in [5.41, 5.74) is 3.69. The highest BCUT2D eigenvalue weighted by atomic mass is 35.5. The maximum atomic E-state index is 12.4. The van der Waals surface area contributed by atoms with E-state index in [0.717, 1.165) is 55.9 Å². The van der Waals surface area contributed by atoms with Crippen LogP contribution < -0.4 is 4.87 Å². The van der Waals surface area contributed by atoms with Gasteiger partial charge in [-0.1, -0.05) is 83.6 Å². The Balaban J connectivity index is 1.20. The minimum Gasteiger partial charge on any atom is -0.301 e. The lowest BCUT2D eigenvalue weighted by Gasteiger charge is -2.39. The third-order valence-electron chi connectivity index (χ3n) is 6.49. The number of aryl methyl sites for hydroxylation is 1. The van der Waals surface area contributed by atoms with Crippen LogP contribution in [0.1, 0.15) is 23.6 Å². The molecule has 0 unspecified atom stereocenters. The third-order valence-corrected chi connectivity index (χ3v) is 7.67. The first kappa shape index (κ1) is 22.4. The first-order valence-electron chi connectivity index (χ1n) is 11.5. The Kier molecular flexibility index (Phi) is 6.93. The Bertz CT molecular complexity index is 1210. The van der Waals surface area contributed by atoms with E-state index in [1.54, 1.807) is 0 Å². The quantitative estimate of drug-likeness (QED) is 0.351. The van der Waals surface area contributed by atoms with Gasteiger partial charge in [-0.05, 0) is 42.3 Å². The average Bonchev–Trinajstić information content (AvgIpc) is 3.15. The van der Waals surface area contributed by atoms with E-state index >= 15 is 0 Å². The van der Waals surface area contributed by atoms with Crippen molar-refractivity contribution in [3.63, 3.8) is 0 Å². The largest absolute Gasteiger partial charge is 0.308 e. The van der Waals surface area contributed by atoms with E-state index in [-0.39, 0.29) is 10.9 Å². The fourth-order valence-electron chi connectivity index (χ4n) is 4.83. The van der Waals surface area contributed by atoms with Crippen LogP contribution in [0.4, 0.5) is 0 Å². The monoisotopic (exact) mass is 477 g/mol. The number of aromatic nitrogens is 1. The molecule has 0 saturated carbocycles. The van der Waals surface area contributed by atoms with E-state index in [1.165, 1.54) is 22.5 Å². The minimum atomic E-state index is 0.102. The minimum absolute atomic E-state index is 0.102. The number of rotatable bonds is 7. The van der Waals surface area contributed by atoms with Crippen molar-refractivity contribution >= 4 is 33.2 Å². The van der Waals surface area contributed by atoms with Crippen LogP contribution in [0.25, 0.3) is 10.2 Å². The first-order chi connectivity index (χ1) is 16.2. The lowest BCUT2D eigenvalue weighted by Crippen LogP contribution is -2.48. The molecule has 3 aromatic carbocycles. The van der Waals surface area contributed by atoms with Crippen LogP contribution in [0.3, 0.4) is 0 Å². The average molecular weight is 478 g/mol. The fourth-order valence-corrected chi connectivity index (χ4v) is 6.03. The summed E-state index contributed by atoms with van der Waals surface area (Å²) in [4.78, 5) is 17.7. The standard InChI is InChI=1S/C27H28ClN3OS/c28-23-12-13-24-25(20-23)33-27(32)31(24)15-7-14-29-16-18-30(19-17-29)26(21-8-3-1-4-9-21)22-10-5-2-6-11-22/h1-6,8-13,20,26H,7,14-19H2. The number of hydrogen-bond donors (Lipinski definition) is 0. The van der Waals surface area contributed by atoms with Gasteiger partial charge >= 0.3 is 4.87 Å². The van der Waals surface area contributed by atoms with Crippen LogP contribution in [0.2, 0.25) is 5.02 Å². The van der Waals surface area contributed by atoms with Gasteiger partial charge in [0.1, 0.15) is 0 Å². The van der Waals surface area contributed by atoms with Crippen molar-refractivity contribution in [2.45, 2.75) is 19.0 Å². The molecule has 6 heteroatoms. The normalized spacial score (nSPS) is 15.5. The lowest BCUT2D eigenvalue weighted by atomic mass is 9.96. The number of halogens is 1. The zero-order valence-electron chi connectivity index (χ0n) is 18.6. The second-order valence-electron chi connectivity index (χ2n) is 8.59. The van der Waals surface area contributed by atoms with E-state index in [9.17, 15) is 4.79 Å². The van der Waals surface area contributed by atoms with Crippen molar-refractivity contribution in [1.82, 2.24) is 14.4 Å². The van der Waals surface area contributed by atoms with Crippen LogP contribution in [0.5, 0.6) is 0 Å². The molecule has 1 fully saturated rings. The number of benzene rings is 3. The molecule has 1 aliphatic rings. The predicted octanol–water partition coefficient (Wildman–Crippen LogP) is 5.51. The van der Waals surface area contributed by atoms with E-state index in [2.05, 4.69) is 70.5 Å². The molecule has 0 aliphatic carbocycles. The Hall–Kier alpha value is -2.44. The van der Waals surface area contributed by atoms with Gasteiger partial charge in [-0.25, -0.2) is 0 Å². The van der Waals surface area contributed by atoms with Crippen LogP contribution in [0.15, 0.2) is 83.7 Å². The highest BCUT2D eigenvalue weighted by molar-refractivity contribution is 7.16. The van der Waals surface area contributed by atoms with Gasteiger partial charge in [0.15, 0.2) is 0 Å². The Morgan fingerprint density at radius 1 is 0.818 bits per heavy atom. The second-order valence-corrected chi connectivity index (χ2v) is 10.0. The number of hydrogen-bond acceptors (Lipinski definition) is 4. The number of thiazole rings is 1. The molecule has 5 rings (SSSR count). The maximum absolute atomic E-state index is 12.4. The predicted molar refractivity (Wildman–Crippen MR) is 138 cm³/mol. The molecule has 0 spiro atoms. The topological polar surface area (TPSA) is 28.5 Å². The van der Waals surface area contributed by atoms with E-state index in [0.29, 0.717) is 5.02 Å². The van der Waals surface area contributed by atoms with Gasteiger partial charge in [-0.3, -0.25) is 14.3 Å². The van der Waals surface area contributed by atoms with E-state index in [1.807, 2.05) is 22.8 Å². The van der Waals surface area contributed by atoms with Gasteiger partial charge < -0.3 is 4.90 Å². The molecule has 4 aromatic rings. The smallest absolute Gasteiger partial charge is 0.301 e. The molecule has 1 aliphatic heterocycles. The molecule has 1 saturated heterocycles. The molecule has 0 atom stereocenters. The van der Waals surface area contributed by atoms with Gasteiger partial charge in [0.2, 0.25) is 0 Å². The number of nitrogens with zero attached hydrogens (tertiary/aromatic N) is 3. The van der Waals surface area contributed by atoms with Crippen molar-refractivity contribution in [2.24, 2.45) is 0 Å². The second kappa shape index (κ2) is 10.2. The SMILES string of the molecule is O=c1sc2cc(Cl)ccc2n1CCCN1CCN(C(c2ccccc2)c2ccccc2)CC1. The molecule has 0 bridgehead atoms. The first-order valence-corrected chi connectivity index (χ1v) is 12.7. The summed E-state index contributed by atoms with van der Waals surface area (Å²) >= 11 is 7.36. The molecule has 170 valence electrons. The molecule has 33 heavy (non-hydrogen) atoms. The molecule has 0 radical (unpaired) electrons. The van der Waals surface area contributed by atoms with Crippen molar-refractivity contribution < 1.29 is 0 Å². The van der Waals surface area contributed by atoms with Crippen molar-refractivity contribution in [2.75, 3.05) is 32.7 Å². The van der Waals surface area contributed by atoms with E-state index in [4.69, 9.17) is 11.6 Å². The fraction of sp³-hybridized carbons (Fsp3) is 0.296.